The molecule has 2 heterocycles. The maximum absolute atomic E-state index is 13.2. The Labute approximate surface area is 184 Å². The molecular formula is C23H22N4O3S. The number of nitrogens with zero attached hydrogens (tertiary/aromatic N) is 3. The van der Waals surface area contributed by atoms with E-state index in [9.17, 15) is 4.79 Å². The van der Waals surface area contributed by atoms with Crippen LogP contribution in [0.15, 0.2) is 48.5 Å². The van der Waals surface area contributed by atoms with Crippen molar-refractivity contribution < 1.29 is 14.3 Å². The van der Waals surface area contributed by atoms with Gasteiger partial charge in [0.25, 0.3) is 11.9 Å². The van der Waals surface area contributed by atoms with Crippen LogP contribution in [0.1, 0.15) is 21.7 Å². The second-order valence-electron chi connectivity index (χ2n) is 6.87. The van der Waals surface area contributed by atoms with E-state index in [0.717, 1.165) is 26.7 Å². The molecule has 0 saturated carbocycles. The Morgan fingerprint density at radius 1 is 1.06 bits per heavy atom. The number of thiazole rings is 1. The lowest BCUT2D eigenvalue weighted by atomic mass is 10.0. The van der Waals surface area contributed by atoms with Crippen molar-refractivity contribution >= 4 is 39.8 Å². The minimum absolute atomic E-state index is 0.272. The van der Waals surface area contributed by atoms with Gasteiger partial charge in [0.15, 0.2) is 11.5 Å². The first kappa shape index (κ1) is 20.6. The molecular weight excluding hydrogens is 412 g/mol. The lowest BCUT2D eigenvalue weighted by Crippen LogP contribution is -2.15. The average Bonchev–Trinajstić information content (AvgIpc) is 3.29. The monoisotopic (exact) mass is 434 g/mol. The summed E-state index contributed by atoms with van der Waals surface area (Å²) in [5.41, 5.74) is 3.08. The van der Waals surface area contributed by atoms with Gasteiger partial charge >= 0.3 is 0 Å². The van der Waals surface area contributed by atoms with E-state index in [-0.39, 0.29) is 11.9 Å². The van der Waals surface area contributed by atoms with Crippen LogP contribution >= 0.6 is 11.3 Å². The number of carbonyl (C=O) groups is 1. The van der Waals surface area contributed by atoms with Crippen LogP contribution < -0.4 is 14.8 Å². The molecule has 0 bridgehead atoms. The second-order valence-corrected chi connectivity index (χ2v) is 8.05. The maximum atomic E-state index is 13.2. The predicted octanol–water partition coefficient (Wildman–Crippen LogP) is 4.60. The topological polar surface area (TPSA) is 77.8 Å². The fraction of sp³-hybridized carbons (Fsp3) is 0.174. The van der Waals surface area contributed by atoms with Crippen LogP contribution in [0.5, 0.6) is 11.5 Å². The summed E-state index contributed by atoms with van der Waals surface area (Å²) in [6, 6.07) is 15.0. The van der Waals surface area contributed by atoms with Crippen LogP contribution in [0.4, 0.5) is 5.95 Å². The molecule has 1 amide bonds. The number of carbonyl (C=O) groups excluding carboxylic acids is 1. The molecule has 7 nitrogen and oxygen atoms in total. The van der Waals surface area contributed by atoms with Crippen molar-refractivity contribution in [2.45, 2.75) is 13.8 Å². The smallest absolute Gasteiger partial charge is 0.258 e. The number of ether oxygens (including phenoxy) is 2. The van der Waals surface area contributed by atoms with E-state index >= 15 is 0 Å². The van der Waals surface area contributed by atoms with Gasteiger partial charge in [-0.3, -0.25) is 10.1 Å². The Hall–Kier alpha value is -3.65. The van der Waals surface area contributed by atoms with Crippen molar-refractivity contribution in [1.29, 1.82) is 0 Å². The lowest BCUT2D eigenvalue weighted by Gasteiger charge is -2.10. The van der Waals surface area contributed by atoms with E-state index in [1.165, 1.54) is 11.3 Å². The first-order valence-electron chi connectivity index (χ1n) is 9.63. The van der Waals surface area contributed by atoms with E-state index in [1.54, 1.807) is 30.9 Å². The van der Waals surface area contributed by atoms with Gasteiger partial charge in [-0.2, -0.15) is 4.98 Å². The lowest BCUT2D eigenvalue weighted by molar-refractivity contribution is -0.111. The largest absolute Gasteiger partial charge is 0.493 e. The molecule has 0 saturated heterocycles. The summed E-state index contributed by atoms with van der Waals surface area (Å²) >= 11 is 1.54. The fourth-order valence-electron chi connectivity index (χ4n) is 3.17. The summed E-state index contributed by atoms with van der Waals surface area (Å²) in [6.45, 7) is 4.00. The molecule has 0 unspecified atom stereocenters. The summed E-state index contributed by atoms with van der Waals surface area (Å²) in [5, 5.41) is 7.26. The van der Waals surface area contributed by atoms with Crippen molar-refractivity contribution in [1.82, 2.24) is 14.6 Å². The molecule has 0 aliphatic rings. The predicted molar refractivity (Wildman–Crippen MR) is 123 cm³/mol. The number of rotatable bonds is 6. The normalized spacial score (nSPS) is 11.5. The minimum atomic E-state index is -0.298. The van der Waals surface area contributed by atoms with Gasteiger partial charge in [0, 0.05) is 10.5 Å². The van der Waals surface area contributed by atoms with E-state index in [1.807, 2.05) is 56.3 Å². The molecule has 0 spiro atoms. The minimum Gasteiger partial charge on any atom is -0.493 e. The van der Waals surface area contributed by atoms with Crippen molar-refractivity contribution in [2.24, 2.45) is 0 Å². The van der Waals surface area contributed by atoms with Crippen LogP contribution in [-0.2, 0) is 4.79 Å². The number of aromatic nitrogens is 3. The second kappa shape index (κ2) is 8.61. The molecule has 31 heavy (non-hydrogen) atoms. The van der Waals surface area contributed by atoms with Crippen LogP contribution in [0.3, 0.4) is 0 Å². The molecule has 8 heteroatoms. The quantitative estimate of drug-likeness (QED) is 0.354. The van der Waals surface area contributed by atoms with Gasteiger partial charge in [-0.15, -0.1) is 5.10 Å². The highest BCUT2D eigenvalue weighted by Gasteiger charge is 2.17. The standard InChI is InChI=1S/C23H22N4O3S/c1-14-15(2)31-23-25-22(26-27(14)23)24-21(28)18(17-8-6-5-7-9-17)12-16-10-11-19(29-3)20(13-16)30-4/h5-13H,1-4H3,(H,24,26,28)/b18-12+. The first-order valence-corrected chi connectivity index (χ1v) is 10.4. The summed E-state index contributed by atoms with van der Waals surface area (Å²) in [4.78, 5) is 19.6. The van der Waals surface area contributed by atoms with Crippen LogP contribution in [-0.4, -0.2) is 34.7 Å². The van der Waals surface area contributed by atoms with Crippen molar-refractivity contribution in [3.8, 4) is 11.5 Å². The van der Waals surface area contributed by atoms with E-state index in [4.69, 9.17) is 9.47 Å². The van der Waals surface area contributed by atoms with Gasteiger partial charge < -0.3 is 9.47 Å². The van der Waals surface area contributed by atoms with Gasteiger partial charge in [0.1, 0.15) is 0 Å². The zero-order valence-electron chi connectivity index (χ0n) is 17.7. The molecule has 1 N–H and O–H groups in total. The van der Waals surface area contributed by atoms with Crippen molar-refractivity contribution in [2.75, 3.05) is 19.5 Å². The Kier molecular flexibility index (Phi) is 5.73. The summed E-state index contributed by atoms with van der Waals surface area (Å²) in [6.07, 6.45) is 1.81. The Balaban J connectivity index is 1.70. The molecule has 2 aromatic heterocycles. The zero-order valence-corrected chi connectivity index (χ0v) is 18.5. The Bertz CT molecular complexity index is 1270. The molecule has 4 aromatic rings. The molecule has 0 atom stereocenters. The molecule has 2 aromatic carbocycles. The molecule has 0 radical (unpaired) electrons. The van der Waals surface area contributed by atoms with Gasteiger partial charge in [-0.25, -0.2) is 4.52 Å². The maximum Gasteiger partial charge on any atom is 0.258 e. The van der Waals surface area contributed by atoms with E-state index < -0.39 is 0 Å². The fourth-order valence-corrected chi connectivity index (χ4v) is 4.08. The Morgan fingerprint density at radius 3 is 2.48 bits per heavy atom. The number of fused-ring (bicyclic) bond motifs is 1. The summed E-state index contributed by atoms with van der Waals surface area (Å²) in [7, 11) is 3.16. The van der Waals surface area contributed by atoms with Crippen LogP contribution in [0.2, 0.25) is 0 Å². The molecule has 0 fully saturated rings. The molecule has 0 aliphatic carbocycles. The van der Waals surface area contributed by atoms with Gasteiger partial charge in [0.2, 0.25) is 4.96 Å². The number of hydrogen-bond donors (Lipinski definition) is 1. The number of anilines is 1. The molecule has 0 aliphatic heterocycles. The average molecular weight is 435 g/mol. The number of aryl methyl sites for hydroxylation is 2. The Morgan fingerprint density at radius 2 is 1.81 bits per heavy atom. The third-order valence-electron chi connectivity index (χ3n) is 4.92. The highest BCUT2D eigenvalue weighted by molar-refractivity contribution is 7.17. The molecule has 158 valence electrons. The first-order chi connectivity index (χ1) is 15.0. The van der Waals surface area contributed by atoms with Crippen molar-refractivity contribution in [3.05, 3.63) is 70.2 Å². The highest BCUT2D eigenvalue weighted by Crippen LogP contribution is 2.30. The third-order valence-corrected chi connectivity index (χ3v) is 5.97. The number of nitrogens with one attached hydrogen (secondary N) is 1. The van der Waals surface area contributed by atoms with Crippen LogP contribution in [0, 0.1) is 13.8 Å². The zero-order chi connectivity index (χ0) is 22.0. The van der Waals surface area contributed by atoms with Crippen molar-refractivity contribution in [3.63, 3.8) is 0 Å². The number of benzene rings is 2. The van der Waals surface area contributed by atoms with E-state index in [0.29, 0.717) is 17.1 Å². The SMILES string of the molecule is COc1ccc(/C=C(/C(=O)Nc2nc3sc(C)c(C)n3n2)c2ccccc2)cc1OC. The van der Waals surface area contributed by atoms with E-state index in [2.05, 4.69) is 15.4 Å². The highest BCUT2D eigenvalue weighted by atomic mass is 32.1. The summed E-state index contributed by atoms with van der Waals surface area (Å²) < 4.78 is 12.4. The van der Waals surface area contributed by atoms with Gasteiger partial charge in [-0.1, -0.05) is 47.7 Å². The van der Waals surface area contributed by atoms with Crippen LogP contribution in [0.25, 0.3) is 16.6 Å². The number of hydrogen-bond acceptors (Lipinski definition) is 6. The third kappa shape index (κ3) is 4.15. The summed E-state index contributed by atoms with van der Waals surface area (Å²) in [5.74, 6) is 1.19. The molecule has 4 rings (SSSR count). The number of methoxy groups -OCH3 is 2. The van der Waals surface area contributed by atoms with Gasteiger partial charge in [0.05, 0.1) is 19.9 Å². The van der Waals surface area contributed by atoms with Gasteiger partial charge in [-0.05, 0) is 43.2 Å². The number of amides is 1.